The number of ether oxygens (including phenoxy) is 1. The summed E-state index contributed by atoms with van der Waals surface area (Å²) in [5.41, 5.74) is 0.255. The topological polar surface area (TPSA) is 74.1 Å². The van der Waals surface area contributed by atoms with Crippen LogP contribution in [0.3, 0.4) is 0 Å². The minimum absolute atomic E-state index is 0.170. The van der Waals surface area contributed by atoms with Gasteiger partial charge in [0.25, 0.3) is 5.56 Å². The van der Waals surface area contributed by atoms with Crippen LogP contribution in [0.15, 0.2) is 29.1 Å². The maximum Gasteiger partial charge on any atom is 0.307 e. The van der Waals surface area contributed by atoms with E-state index in [1.807, 2.05) is 0 Å². The zero-order valence-corrected chi connectivity index (χ0v) is 12.9. The zero-order chi connectivity index (χ0) is 15.8. The van der Waals surface area contributed by atoms with Crippen LogP contribution in [0.25, 0.3) is 10.9 Å². The highest BCUT2D eigenvalue weighted by atomic mass is 16.5. The third-order valence-electron chi connectivity index (χ3n) is 5.29. The number of rotatable bonds is 4. The standard InChI is InChI=1S/C17H19N3O3/c21-16(9-13-8-11-5-6-12(13)7-11)23-10-20-17(22)14-3-1-2-4-15(14)18-19-20/h1-4,11-13H,5-10H2/t11-,12+,13+/m0/s1. The molecule has 6 nitrogen and oxygen atoms in total. The molecule has 1 aromatic carbocycles. The van der Waals surface area contributed by atoms with Gasteiger partial charge in [-0.2, -0.15) is 4.68 Å². The van der Waals surface area contributed by atoms with Crippen LogP contribution in [0.2, 0.25) is 0 Å². The lowest BCUT2D eigenvalue weighted by Crippen LogP contribution is -2.27. The predicted octanol–water partition coefficient (Wildman–Crippen LogP) is 2.12. The third kappa shape index (κ3) is 2.73. The highest BCUT2D eigenvalue weighted by Crippen LogP contribution is 2.49. The molecule has 3 atom stereocenters. The van der Waals surface area contributed by atoms with Crippen LogP contribution < -0.4 is 5.56 Å². The van der Waals surface area contributed by atoms with E-state index in [4.69, 9.17) is 4.74 Å². The first-order valence-electron chi connectivity index (χ1n) is 8.19. The van der Waals surface area contributed by atoms with Crippen molar-refractivity contribution in [2.75, 3.05) is 0 Å². The summed E-state index contributed by atoms with van der Waals surface area (Å²) in [4.78, 5) is 24.3. The molecule has 0 N–H and O–H groups in total. The normalized spacial score (nSPS) is 25.8. The molecule has 0 aliphatic heterocycles. The van der Waals surface area contributed by atoms with E-state index >= 15 is 0 Å². The average molecular weight is 313 g/mol. The number of hydrogen-bond acceptors (Lipinski definition) is 5. The molecular formula is C17H19N3O3. The molecule has 23 heavy (non-hydrogen) atoms. The van der Waals surface area contributed by atoms with Gasteiger partial charge in [-0.25, -0.2) is 0 Å². The van der Waals surface area contributed by atoms with Gasteiger partial charge in [0.05, 0.1) is 5.39 Å². The van der Waals surface area contributed by atoms with Crippen LogP contribution in [-0.2, 0) is 16.3 Å². The lowest BCUT2D eigenvalue weighted by atomic mass is 9.86. The number of hydrogen-bond donors (Lipinski definition) is 0. The van der Waals surface area contributed by atoms with Crippen molar-refractivity contribution in [3.63, 3.8) is 0 Å². The average Bonchev–Trinajstić information content (AvgIpc) is 3.17. The molecule has 2 aliphatic rings. The molecule has 4 rings (SSSR count). The van der Waals surface area contributed by atoms with Gasteiger partial charge in [0.2, 0.25) is 0 Å². The summed E-state index contributed by atoms with van der Waals surface area (Å²) < 4.78 is 6.35. The second-order valence-corrected chi connectivity index (χ2v) is 6.70. The summed E-state index contributed by atoms with van der Waals surface area (Å²) in [7, 11) is 0. The Morgan fingerprint density at radius 2 is 2.13 bits per heavy atom. The molecule has 0 amide bonds. The summed E-state index contributed by atoms with van der Waals surface area (Å²) in [5, 5.41) is 8.28. The van der Waals surface area contributed by atoms with Crippen LogP contribution in [0.1, 0.15) is 32.1 Å². The third-order valence-corrected chi connectivity index (χ3v) is 5.29. The number of esters is 1. The van der Waals surface area contributed by atoms with Crippen LogP contribution in [-0.4, -0.2) is 21.0 Å². The molecular weight excluding hydrogens is 294 g/mol. The molecule has 6 heteroatoms. The maximum absolute atomic E-state index is 12.3. The molecule has 1 heterocycles. The van der Waals surface area contributed by atoms with E-state index in [1.165, 1.54) is 19.3 Å². The quantitative estimate of drug-likeness (QED) is 0.808. The fourth-order valence-electron chi connectivity index (χ4n) is 4.14. The second-order valence-electron chi connectivity index (χ2n) is 6.70. The monoisotopic (exact) mass is 313 g/mol. The molecule has 0 spiro atoms. The van der Waals surface area contributed by atoms with Crippen molar-refractivity contribution in [2.24, 2.45) is 17.8 Å². The minimum Gasteiger partial charge on any atom is -0.442 e. The molecule has 2 bridgehead atoms. The van der Waals surface area contributed by atoms with Gasteiger partial charge < -0.3 is 4.74 Å². The molecule has 0 radical (unpaired) electrons. The lowest BCUT2D eigenvalue weighted by Gasteiger charge is -2.20. The first kappa shape index (κ1) is 14.4. The number of carbonyl (C=O) groups excluding carboxylic acids is 1. The first-order valence-corrected chi connectivity index (χ1v) is 8.19. The Bertz CT molecular complexity index is 801. The molecule has 120 valence electrons. The SMILES string of the molecule is O=C(C[C@H]1C[C@H]2CC[C@@H]1C2)OCn1nnc2ccccc2c1=O. The summed E-state index contributed by atoms with van der Waals surface area (Å²) >= 11 is 0. The largest absolute Gasteiger partial charge is 0.442 e. The zero-order valence-electron chi connectivity index (χ0n) is 12.9. The van der Waals surface area contributed by atoms with Gasteiger partial charge in [0.1, 0.15) is 5.52 Å². The van der Waals surface area contributed by atoms with E-state index in [0.29, 0.717) is 29.2 Å². The van der Waals surface area contributed by atoms with Crippen molar-refractivity contribution in [3.8, 4) is 0 Å². The fourth-order valence-corrected chi connectivity index (χ4v) is 4.14. The van der Waals surface area contributed by atoms with Crippen LogP contribution in [0.5, 0.6) is 0 Å². The van der Waals surface area contributed by atoms with Crippen molar-refractivity contribution in [1.82, 2.24) is 15.0 Å². The van der Waals surface area contributed by atoms with Gasteiger partial charge in [-0.1, -0.05) is 23.8 Å². The number of aromatic nitrogens is 3. The molecule has 0 saturated heterocycles. The van der Waals surface area contributed by atoms with E-state index in [1.54, 1.807) is 24.3 Å². The summed E-state index contributed by atoms with van der Waals surface area (Å²) in [6.45, 7) is -0.170. The second kappa shape index (κ2) is 5.76. The van der Waals surface area contributed by atoms with Gasteiger partial charge in [-0.3, -0.25) is 9.59 Å². The lowest BCUT2D eigenvalue weighted by molar-refractivity contribution is -0.149. The molecule has 2 aromatic rings. The van der Waals surface area contributed by atoms with Gasteiger partial charge >= 0.3 is 5.97 Å². The van der Waals surface area contributed by atoms with E-state index in [-0.39, 0.29) is 18.3 Å². The van der Waals surface area contributed by atoms with Crippen molar-refractivity contribution in [1.29, 1.82) is 0 Å². The summed E-state index contributed by atoms with van der Waals surface area (Å²) in [5.74, 6) is 1.72. The number of carbonyl (C=O) groups is 1. The van der Waals surface area contributed by atoms with Crippen molar-refractivity contribution in [2.45, 2.75) is 38.8 Å². The fraction of sp³-hybridized carbons (Fsp3) is 0.529. The van der Waals surface area contributed by atoms with E-state index < -0.39 is 0 Å². The van der Waals surface area contributed by atoms with E-state index in [2.05, 4.69) is 10.3 Å². The Labute approximate surface area is 133 Å². The Balaban J connectivity index is 1.40. The van der Waals surface area contributed by atoms with Gasteiger partial charge in [-0.15, -0.1) is 5.10 Å². The molecule has 0 unspecified atom stereocenters. The number of fused-ring (bicyclic) bond motifs is 3. The van der Waals surface area contributed by atoms with E-state index in [0.717, 1.165) is 17.0 Å². The smallest absolute Gasteiger partial charge is 0.307 e. The Morgan fingerprint density at radius 3 is 2.91 bits per heavy atom. The van der Waals surface area contributed by atoms with Gasteiger partial charge in [0, 0.05) is 6.42 Å². The van der Waals surface area contributed by atoms with Gasteiger partial charge in [0.15, 0.2) is 6.73 Å². The minimum atomic E-state index is -0.289. The Kier molecular flexibility index (Phi) is 3.59. The maximum atomic E-state index is 12.3. The Morgan fingerprint density at radius 1 is 1.26 bits per heavy atom. The van der Waals surface area contributed by atoms with Crippen LogP contribution >= 0.6 is 0 Å². The molecule has 2 aliphatic carbocycles. The number of benzene rings is 1. The van der Waals surface area contributed by atoms with Crippen molar-refractivity contribution < 1.29 is 9.53 Å². The van der Waals surface area contributed by atoms with Crippen LogP contribution in [0, 0.1) is 17.8 Å². The van der Waals surface area contributed by atoms with E-state index in [9.17, 15) is 9.59 Å². The predicted molar refractivity (Wildman–Crippen MR) is 83.4 cm³/mol. The molecule has 1 aromatic heterocycles. The highest BCUT2D eigenvalue weighted by Gasteiger charge is 2.40. The summed E-state index contributed by atoms with van der Waals surface area (Å²) in [6.07, 6.45) is 5.44. The van der Waals surface area contributed by atoms with Gasteiger partial charge in [-0.05, 0) is 49.1 Å². The molecule has 2 saturated carbocycles. The van der Waals surface area contributed by atoms with Crippen molar-refractivity contribution in [3.05, 3.63) is 34.6 Å². The van der Waals surface area contributed by atoms with Crippen LogP contribution in [0.4, 0.5) is 0 Å². The van der Waals surface area contributed by atoms with Crippen molar-refractivity contribution >= 4 is 16.9 Å². The summed E-state index contributed by atoms with van der Waals surface area (Å²) in [6, 6.07) is 7.00. The first-order chi connectivity index (χ1) is 11.2. The highest BCUT2D eigenvalue weighted by molar-refractivity contribution is 5.76. The number of nitrogens with zero attached hydrogens (tertiary/aromatic N) is 3. The Hall–Kier alpha value is -2.24. The molecule has 2 fully saturated rings.